The van der Waals surface area contributed by atoms with Gasteiger partial charge in [-0.1, -0.05) is 23.7 Å². The Labute approximate surface area is 210 Å². The van der Waals surface area contributed by atoms with Crippen LogP contribution in [0.15, 0.2) is 72.1 Å². The minimum Gasteiger partial charge on any atom is -0.394 e. The summed E-state index contributed by atoms with van der Waals surface area (Å²) in [5, 5.41) is 25.1. The van der Waals surface area contributed by atoms with Crippen molar-refractivity contribution in [3.05, 3.63) is 78.1 Å². The molecule has 0 saturated heterocycles. The van der Waals surface area contributed by atoms with Crippen LogP contribution in [0.3, 0.4) is 0 Å². The van der Waals surface area contributed by atoms with E-state index < -0.39 is 11.9 Å². The van der Waals surface area contributed by atoms with Crippen molar-refractivity contribution in [1.82, 2.24) is 19.9 Å². The Hall–Kier alpha value is -3.51. The van der Waals surface area contributed by atoms with E-state index in [0.29, 0.717) is 33.5 Å². The zero-order chi connectivity index (χ0) is 24.6. The van der Waals surface area contributed by atoms with Gasteiger partial charge in [0.05, 0.1) is 41.2 Å². The Morgan fingerprint density at radius 3 is 2.63 bits per heavy atom. The zero-order valence-electron chi connectivity index (χ0n) is 18.2. The van der Waals surface area contributed by atoms with Gasteiger partial charge in [0.2, 0.25) is 5.95 Å². The van der Waals surface area contributed by atoms with Crippen LogP contribution < -0.4 is 15.4 Å². The number of aromatic nitrogens is 4. The molecule has 0 saturated carbocycles. The standard InChI is InChI=1S/C23H21ClFN7O2S/c24-17-3-1-2-4-21(17)35-32-20-6-5-14(9-18(20)25)29-19-7-8-26-10-16(19)22-27-13-28-23(31-22)30-15(11-33)12-34/h1-10,13,15,32-34H,11-12H2,(H,26,29)(H,27,28,30,31). The molecule has 5 N–H and O–H groups in total. The molecule has 0 bridgehead atoms. The van der Waals surface area contributed by atoms with Crippen molar-refractivity contribution in [1.29, 1.82) is 0 Å². The van der Waals surface area contributed by atoms with Gasteiger partial charge in [0.25, 0.3) is 0 Å². The Kier molecular flexibility index (Phi) is 8.27. The maximum absolute atomic E-state index is 14.8. The van der Waals surface area contributed by atoms with Crippen molar-refractivity contribution in [2.24, 2.45) is 0 Å². The molecule has 0 amide bonds. The first-order valence-corrected chi connectivity index (χ1v) is 11.6. The summed E-state index contributed by atoms with van der Waals surface area (Å²) in [7, 11) is 0. The quantitative estimate of drug-likeness (QED) is 0.195. The summed E-state index contributed by atoms with van der Waals surface area (Å²) in [6, 6.07) is 13.1. The van der Waals surface area contributed by atoms with Crippen molar-refractivity contribution in [3.63, 3.8) is 0 Å². The molecule has 2 aromatic carbocycles. The molecule has 0 radical (unpaired) electrons. The third kappa shape index (κ3) is 6.34. The second-order valence-corrected chi connectivity index (χ2v) is 8.47. The minimum atomic E-state index is -0.608. The summed E-state index contributed by atoms with van der Waals surface area (Å²) in [5.41, 5.74) is 1.98. The lowest BCUT2D eigenvalue weighted by Crippen LogP contribution is -2.28. The van der Waals surface area contributed by atoms with E-state index in [1.807, 2.05) is 18.2 Å². The van der Waals surface area contributed by atoms with Crippen LogP contribution in [0.5, 0.6) is 0 Å². The highest BCUT2D eigenvalue weighted by atomic mass is 35.5. The lowest BCUT2D eigenvalue weighted by Gasteiger charge is -2.15. The van der Waals surface area contributed by atoms with E-state index in [9.17, 15) is 14.6 Å². The molecule has 4 rings (SSSR count). The molecule has 0 spiro atoms. The number of aliphatic hydroxyl groups is 2. The topological polar surface area (TPSA) is 128 Å². The highest BCUT2D eigenvalue weighted by Crippen LogP contribution is 2.32. The average Bonchev–Trinajstić information content (AvgIpc) is 2.88. The van der Waals surface area contributed by atoms with E-state index in [2.05, 4.69) is 35.3 Å². The zero-order valence-corrected chi connectivity index (χ0v) is 19.8. The number of aliphatic hydroxyl groups excluding tert-OH is 2. The predicted octanol–water partition coefficient (Wildman–Crippen LogP) is 4.35. The lowest BCUT2D eigenvalue weighted by atomic mass is 10.2. The molecule has 0 aliphatic carbocycles. The van der Waals surface area contributed by atoms with Gasteiger partial charge in [0, 0.05) is 23.0 Å². The highest BCUT2D eigenvalue weighted by molar-refractivity contribution is 8.00. The molecule has 12 heteroatoms. The van der Waals surface area contributed by atoms with E-state index in [0.717, 1.165) is 4.90 Å². The van der Waals surface area contributed by atoms with Crippen LogP contribution in [0, 0.1) is 5.82 Å². The fraction of sp³-hybridized carbons (Fsp3) is 0.130. The summed E-state index contributed by atoms with van der Waals surface area (Å²) >= 11 is 7.37. The van der Waals surface area contributed by atoms with Crippen molar-refractivity contribution in [2.75, 3.05) is 28.6 Å². The number of nitrogens with zero attached hydrogens (tertiary/aromatic N) is 4. The maximum Gasteiger partial charge on any atom is 0.226 e. The molecule has 0 aliphatic rings. The normalized spacial score (nSPS) is 10.9. The Morgan fingerprint density at radius 1 is 1.03 bits per heavy atom. The summed E-state index contributed by atoms with van der Waals surface area (Å²) in [6.07, 6.45) is 4.47. The molecule has 0 fully saturated rings. The van der Waals surface area contributed by atoms with E-state index in [-0.39, 0.29) is 19.2 Å². The first kappa shape index (κ1) is 24.6. The molecule has 0 unspecified atom stereocenters. The maximum atomic E-state index is 14.8. The highest BCUT2D eigenvalue weighted by Gasteiger charge is 2.13. The molecule has 0 atom stereocenters. The van der Waals surface area contributed by atoms with Gasteiger partial charge in [-0.2, -0.15) is 4.98 Å². The van der Waals surface area contributed by atoms with Crippen molar-refractivity contribution in [2.45, 2.75) is 10.9 Å². The lowest BCUT2D eigenvalue weighted by molar-refractivity contribution is 0.203. The fourth-order valence-electron chi connectivity index (χ4n) is 2.98. The summed E-state index contributed by atoms with van der Waals surface area (Å²) in [4.78, 5) is 17.5. The van der Waals surface area contributed by atoms with Crippen molar-refractivity contribution in [3.8, 4) is 11.4 Å². The third-order valence-electron chi connectivity index (χ3n) is 4.76. The summed E-state index contributed by atoms with van der Waals surface area (Å²) in [6.45, 7) is -0.574. The predicted molar refractivity (Wildman–Crippen MR) is 135 cm³/mol. The molecule has 4 aromatic rings. The van der Waals surface area contributed by atoms with Crippen LogP contribution >= 0.6 is 23.5 Å². The fourth-order valence-corrected chi connectivity index (χ4v) is 3.93. The van der Waals surface area contributed by atoms with Crippen LogP contribution in [-0.2, 0) is 0 Å². The van der Waals surface area contributed by atoms with Gasteiger partial charge in [-0.25, -0.2) is 14.4 Å². The number of anilines is 4. The van der Waals surface area contributed by atoms with Gasteiger partial charge in [-0.15, -0.1) is 0 Å². The first-order valence-electron chi connectivity index (χ1n) is 10.4. The molecule has 180 valence electrons. The van der Waals surface area contributed by atoms with Crippen LogP contribution in [0.25, 0.3) is 11.4 Å². The van der Waals surface area contributed by atoms with Gasteiger partial charge in [0.15, 0.2) is 5.82 Å². The monoisotopic (exact) mass is 513 g/mol. The van der Waals surface area contributed by atoms with Crippen LogP contribution in [0.2, 0.25) is 5.02 Å². The number of rotatable bonds is 10. The Morgan fingerprint density at radius 2 is 1.86 bits per heavy atom. The van der Waals surface area contributed by atoms with E-state index in [4.69, 9.17) is 11.6 Å². The van der Waals surface area contributed by atoms with Crippen LogP contribution in [0.1, 0.15) is 0 Å². The first-order chi connectivity index (χ1) is 17.1. The summed E-state index contributed by atoms with van der Waals surface area (Å²) in [5.74, 6) is 0.0499. The Bertz CT molecular complexity index is 1300. The smallest absolute Gasteiger partial charge is 0.226 e. The number of nitrogens with one attached hydrogen (secondary N) is 3. The average molecular weight is 514 g/mol. The molecule has 2 aromatic heterocycles. The number of halogens is 2. The van der Waals surface area contributed by atoms with E-state index in [1.54, 1.807) is 36.7 Å². The van der Waals surface area contributed by atoms with Gasteiger partial charge in [-0.3, -0.25) is 4.98 Å². The van der Waals surface area contributed by atoms with Crippen molar-refractivity contribution >= 4 is 46.6 Å². The Balaban J connectivity index is 1.51. The molecule has 35 heavy (non-hydrogen) atoms. The number of hydrogen-bond acceptors (Lipinski definition) is 10. The number of hydrogen-bond donors (Lipinski definition) is 5. The number of benzene rings is 2. The second-order valence-electron chi connectivity index (χ2n) is 7.21. The largest absolute Gasteiger partial charge is 0.394 e. The molecule has 0 aliphatic heterocycles. The van der Waals surface area contributed by atoms with Crippen LogP contribution in [-0.4, -0.2) is 49.4 Å². The third-order valence-corrected chi connectivity index (χ3v) is 6.10. The molecule has 2 heterocycles. The van der Waals surface area contributed by atoms with Gasteiger partial charge >= 0.3 is 0 Å². The van der Waals surface area contributed by atoms with Gasteiger partial charge in [-0.05, 0) is 48.3 Å². The SMILES string of the molecule is OCC(CO)Nc1ncnc(-c2cnccc2Nc2ccc(NSc3ccccc3Cl)c(F)c2)n1. The van der Waals surface area contributed by atoms with Gasteiger partial charge in [0.1, 0.15) is 12.1 Å². The molecule has 9 nitrogen and oxygen atoms in total. The van der Waals surface area contributed by atoms with E-state index in [1.165, 1.54) is 24.3 Å². The van der Waals surface area contributed by atoms with Crippen molar-refractivity contribution < 1.29 is 14.6 Å². The van der Waals surface area contributed by atoms with Gasteiger partial charge < -0.3 is 25.6 Å². The number of pyridine rings is 1. The molecular weight excluding hydrogens is 493 g/mol. The summed E-state index contributed by atoms with van der Waals surface area (Å²) < 4.78 is 17.8. The second kappa shape index (κ2) is 11.8. The van der Waals surface area contributed by atoms with Crippen LogP contribution in [0.4, 0.5) is 27.4 Å². The molecular formula is C23H21ClFN7O2S. The van der Waals surface area contributed by atoms with E-state index >= 15 is 0 Å². The minimum absolute atomic E-state index is 0.190.